The molecule has 0 radical (unpaired) electrons. The predicted octanol–water partition coefficient (Wildman–Crippen LogP) is 4.17. The Balaban J connectivity index is 1.88. The third kappa shape index (κ3) is 6.49. The van der Waals surface area contributed by atoms with Crippen LogP contribution in [0.3, 0.4) is 0 Å². The van der Waals surface area contributed by atoms with Gasteiger partial charge in [-0.15, -0.1) is 0 Å². The van der Waals surface area contributed by atoms with Crippen LogP contribution in [0.2, 0.25) is 0 Å². The Hall–Kier alpha value is -2.74. The van der Waals surface area contributed by atoms with E-state index in [1.54, 1.807) is 38.3 Å². The number of hydrogen-bond donors (Lipinski definition) is 2. The summed E-state index contributed by atoms with van der Waals surface area (Å²) in [7, 11) is 1.59. The van der Waals surface area contributed by atoms with Gasteiger partial charge in [0.15, 0.2) is 0 Å². The van der Waals surface area contributed by atoms with Gasteiger partial charge in [0, 0.05) is 18.5 Å². The number of hydrogen-bond acceptors (Lipinski definition) is 4. The second kappa shape index (κ2) is 9.27. The van der Waals surface area contributed by atoms with E-state index in [0.29, 0.717) is 30.3 Å². The highest BCUT2D eigenvalue weighted by molar-refractivity contribution is 5.96. The maximum atomic E-state index is 12.6. The normalized spacial score (nSPS) is 12.3. The molecule has 5 nitrogen and oxygen atoms in total. The highest BCUT2D eigenvalue weighted by Gasteiger charge is 2.30. The van der Waals surface area contributed by atoms with Crippen LogP contribution in [0, 0.1) is 0 Å². The molecule has 0 saturated heterocycles. The van der Waals surface area contributed by atoms with Gasteiger partial charge in [0.25, 0.3) is 0 Å². The van der Waals surface area contributed by atoms with Gasteiger partial charge in [-0.05, 0) is 55.5 Å². The van der Waals surface area contributed by atoms with Crippen LogP contribution in [0.1, 0.15) is 12.5 Å². The molecule has 0 heterocycles. The second-order valence-corrected chi connectivity index (χ2v) is 5.80. The van der Waals surface area contributed by atoms with Crippen molar-refractivity contribution in [2.45, 2.75) is 19.1 Å². The van der Waals surface area contributed by atoms with Crippen LogP contribution < -0.4 is 15.4 Å². The number of methoxy groups -OCH3 is 1. The minimum absolute atomic E-state index is 0.295. The number of carbonyl (C=O) groups excluding carboxylic acids is 1. The number of ether oxygens (including phenoxy) is 2. The maximum absolute atomic E-state index is 12.6. The summed E-state index contributed by atoms with van der Waals surface area (Å²) >= 11 is 0. The van der Waals surface area contributed by atoms with Gasteiger partial charge in [-0.2, -0.15) is 13.2 Å². The van der Waals surface area contributed by atoms with E-state index in [-0.39, 0.29) is 5.91 Å². The fourth-order valence-corrected chi connectivity index (χ4v) is 2.20. The predicted molar refractivity (Wildman–Crippen MR) is 97.0 cm³/mol. The van der Waals surface area contributed by atoms with E-state index in [0.717, 1.165) is 12.1 Å². The molecule has 146 valence electrons. The lowest BCUT2D eigenvalue weighted by Crippen LogP contribution is -2.31. The minimum Gasteiger partial charge on any atom is -0.491 e. The van der Waals surface area contributed by atoms with E-state index in [2.05, 4.69) is 10.6 Å². The lowest BCUT2D eigenvalue weighted by atomic mass is 10.2. The molecule has 2 N–H and O–H groups in total. The Morgan fingerprint density at radius 2 is 1.59 bits per heavy atom. The molecular weight excluding hydrogens is 361 g/mol. The van der Waals surface area contributed by atoms with E-state index in [4.69, 9.17) is 9.47 Å². The molecule has 2 aromatic carbocycles. The Morgan fingerprint density at radius 1 is 1.00 bits per heavy atom. The lowest BCUT2D eigenvalue weighted by Gasteiger charge is -2.16. The highest BCUT2D eigenvalue weighted by Crippen LogP contribution is 2.29. The average molecular weight is 382 g/mol. The molecule has 1 amide bonds. The number of halogens is 3. The summed E-state index contributed by atoms with van der Waals surface area (Å²) in [6, 6.07) is 10.8. The molecule has 27 heavy (non-hydrogen) atoms. The first-order valence-corrected chi connectivity index (χ1v) is 8.26. The molecule has 1 atom stereocenters. The van der Waals surface area contributed by atoms with Crippen LogP contribution in [-0.4, -0.2) is 32.3 Å². The van der Waals surface area contributed by atoms with Gasteiger partial charge in [0.2, 0.25) is 5.91 Å². The summed E-state index contributed by atoms with van der Waals surface area (Å²) in [6.45, 7) is 2.58. The molecule has 0 aliphatic rings. The van der Waals surface area contributed by atoms with Crippen LogP contribution in [0.4, 0.5) is 24.5 Å². The van der Waals surface area contributed by atoms with Crippen molar-refractivity contribution in [2.75, 3.05) is 31.0 Å². The van der Waals surface area contributed by atoms with E-state index in [1.165, 1.54) is 12.1 Å². The van der Waals surface area contributed by atoms with Crippen LogP contribution >= 0.6 is 0 Å². The summed E-state index contributed by atoms with van der Waals surface area (Å²) in [6.07, 6.45) is -4.41. The van der Waals surface area contributed by atoms with Crippen LogP contribution in [0.25, 0.3) is 0 Å². The molecule has 0 aromatic heterocycles. The molecule has 0 saturated carbocycles. The molecule has 0 aliphatic heterocycles. The monoisotopic (exact) mass is 382 g/mol. The van der Waals surface area contributed by atoms with Crippen molar-refractivity contribution in [1.82, 2.24) is 0 Å². The van der Waals surface area contributed by atoms with Crippen LogP contribution in [0.5, 0.6) is 5.75 Å². The van der Waals surface area contributed by atoms with Crippen LogP contribution in [0.15, 0.2) is 48.5 Å². The Kier molecular flexibility index (Phi) is 7.06. The number of nitrogens with one attached hydrogen (secondary N) is 2. The van der Waals surface area contributed by atoms with Crippen molar-refractivity contribution in [3.63, 3.8) is 0 Å². The zero-order valence-electron chi connectivity index (χ0n) is 15.0. The number of benzene rings is 2. The third-order valence-corrected chi connectivity index (χ3v) is 3.67. The van der Waals surface area contributed by atoms with Gasteiger partial charge in [0.1, 0.15) is 18.4 Å². The van der Waals surface area contributed by atoms with Crippen molar-refractivity contribution < 1.29 is 27.4 Å². The fraction of sp³-hybridized carbons (Fsp3) is 0.316. The summed E-state index contributed by atoms with van der Waals surface area (Å²) < 4.78 is 48.0. The first-order valence-electron chi connectivity index (χ1n) is 8.26. The summed E-state index contributed by atoms with van der Waals surface area (Å²) in [5.41, 5.74) is 0.243. The Bertz CT molecular complexity index is 731. The molecule has 8 heteroatoms. The molecular formula is C19H21F3N2O3. The van der Waals surface area contributed by atoms with Gasteiger partial charge in [-0.25, -0.2) is 0 Å². The smallest absolute Gasteiger partial charge is 0.416 e. The van der Waals surface area contributed by atoms with E-state index in [9.17, 15) is 18.0 Å². The average Bonchev–Trinajstić information content (AvgIpc) is 2.63. The molecule has 0 fully saturated rings. The Labute approximate surface area is 155 Å². The topological polar surface area (TPSA) is 59.6 Å². The summed E-state index contributed by atoms with van der Waals surface area (Å²) in [5, 5.41) is 5.60. The first kappa shape index (κ1) is 20.6. The lowest BCUT2D eigenvalue weighted by molar-refractivity contribution is -0.137. The minimum atomic E-state index is -4.41. The van der Waals surface area contributed by atoms with E-state index < -0.39 is 17.8 Å². The quantitative estimate of drug-likeness (QED) is 0.673. The molecule has 1 unspecified atom stereocenters. The second-order valence-electron chi connectivity index (χ2n) is 5.80. The molecule has 0 bridgehead atoms. The molecule has 0 aliphatic carbocycles. The summed E-state index contributed by atoms with van der Waals surface area (Å²) in [5.74, 6) is 0.314. The van der Waals surface area contributed by atoms with Crippen molar-refractivity contribution in [2.24, 2.45) is 0 Å². The molecule has 2 rings (SSSR count). The van der Waals surface area contributed by atoms with Gasteiger partial charge < -0.3 is 20.1 Å². The number of carbonyl (C=O) groups is 1. The largest absolute Gasteiger partial charge is 0.491 e. The first-order chi connectivity index (χ1) is 12.8. The van der Waals surface area contributed by atoms with Crippen molar-refractivity contribution in [3.05, 3.63) is 54.1 Å². The van der Waals surface area contributed by atoms with Gasteiger partial charge >= 0.3 is 6.18 Å². The summed E-state index contributed by atoms with van der Waals surface area (Å²) in [4.78, 5) is 12.2. The third-order valence-electron chi connectivity index (χ3n) is 3.67. The van der Waals surface area contributed by atoms with E-state index in [1.807, 2.05) is 0 Å². The standard InChI is InChI=1S/C19H21F3N2O3/c1-13(23-15-7-9-17(10-8-15)27-12-11-26-2)18(25)24-16-5-3-14(4-6-16)19(20,21)22/h3-10,13,23H,11-12H2,1-2H3,(H,24,25). The number of anilines is 2. The maximum Gasteiger partial charge on any atom is 0.416 e. The number of rotatable bonds is 8. The van der Waals surface area contributed by atoms with Gasteiger partial charge in [-0.3, -0.25) is 4.79 Å². The van der Waals surface area contributed by atoms with E-state index >= 15 is 0 Å². The molecule has 0 spiro atoms. The van der Waals surface area contributed by atoms with Crippen molar-refractivity contribution >= 4 is 17.3 Å². The number of alkyl halides is 3. The fourth-order valence-electron chi connectivity index (χ4n) is 2.20. The zero-order valence-corrected chi connectivity index (χ0v) is 15.0. The van der Waals surface area contributed by atoms with Crippen molar-refractivity contribution in [3.8, 4) is 5.75 Å². The van der Waals surface area contributed by atoms with Gasteiger partial charge in [0.05, 0.1) is 12.2 Å². The highest BCUT2D eigenvalue weighted by atomic mass is 19.4. The molecule has 2 aromatic rings. The van der Waals surface area contributed by atoms with Gasteiger partial charge in [-0.1, -0.05) is 0 Å². The van der Waals surface area contributed by atoms with Crippen molar-refractivity contribution in [1.29, 1.82) is 0 Å². The number of amides is 1. The zero-order chi connectivity index (χ0) is 19.9. The SMILES string of the molecule is COCCOc1ccc(NC(C)C(=O)Nc2ccc(C(F)(F)F)cc2)cc1. The Morgan fingerprint density at radius 3 is 2.15 bits per heavy atom. The van der Waals surface area contributed by atoms with Crippen LogP contribution in [-0.2, 0) is 15.7 Å².